The highest BCUT2D eigenvalue weighted by molar-refractivity contribution is 8.77. The fourth-order valence-corrected chi connectivity index (χ4v) is 14.8. The zero-order chi connectivity index (χ0) is 60.0. The molecule has 5 heterocycles. The van der Waals surface area contributed by atoms with Crippen LogP contribution >= 0.6 is 21.6 Å². The van der Waals surface area contributed by atoms with E-state index in [-0.39, 0.29) is 74.7 Å². The lowest BCUT2D eigenvalue weighted by Gasteiger charge is -2.23. The lowest BCUT2D eigenvalue weighted by molar-refractivity contribution is -0.137. The van der Waals surface area contributed by atoms with E-state index in [1.54, 1.807) is 13.2 Å². The van der Waals surface area contributed by atoms with Crippen molar-refractivity contribution >= 4 is 94.8 Å². The fraction of sp³-hybridized carbons (Fsp3) is 0.367. The van der Waals surface area contributed by atoms with E-state index in [9.17, 15) is 41.7 Å². The van der Waals surface area contributed by atoms with Crippen molar-refractivity contribution in [3.63, 3.8) is 0 Å². The molecule has 0 bridgehead atoms. The fourth-order valence-electron chi connectivity index (χ4n) is 11.2. The van der Waals surface area contributed by atoms with Crippen molar-refractivity contribution in [2.24, 2.45) is 0 Å². The topological polar surface area (TPSA) is 269 Å². The number of anilines is 3. The van der Waals surface area contributed by atoms with Crippen LogP contribution in [0, 0.1) is 6.92 Å². The number of aryl methyl sites for hydroxylation is 3. The predicted octanol–water partition coefficient (Wildman–Crippen LogP) is 7.76. The number of fused-ring (bicyclic) bond motifs is 8. The number of hydrogen-bond acceptors (Lipinski definition) is 16. The second-order valence-electron chi connectivity index (χ2n) is 21.6. The molecule has 0 radical (unpaired) electrons. The third kappa shape index (κ3) is 14.3. The standard InChI is InChI=1S/C60H63N5O12S3.O3S/c1-36-25-46-39(13-15-44-29-41-9-5-7-11-48(41)64(44)58(46)70)31-50(36)76-34-37-26-38(35-77-52-32-40-14-16-45-30-42-10-6-8-12-49(42)65(45)59(71)47(40)33-51(52)75-4)28-43(27-37)62-54(66)19-21-60(2,3)79-78-24-20-53(80(72,73)74)57(69)61-22-23-63-55(67)17-18-56(63)68;1-4(2)3/h5-12,17-18,25-28,31-33,44-45,53H,13-16,19-24,29-30,34-35H2,1-4H3,(H,61,69)(H,62,66)(H,72,73,74);/t44-,45-,53?;/m1./s1. The molecule has 0 fully saturated rings. The van der Waals surface area contributed by atoms with Gasteiger partial charge in [-0.1, -0.05) is 58.0 Å². The zero-order valence-electron chi connectivity index (χ0n) is 46.6. The number of benzene rings is 5. The minimum atomic E-state index is -4.78. The van der Waals surface area contributed by atoms with E-state index >= 15 is 0 Å². The molecule has 3 atom stereocenters. The number of carbonyl (C=O) groups excluding carboxylic acids is 6. The van der Waals surface area contributed by atoms with Crippen LogP contribution in [0.15, 0.2) is 103 Å². The van der Waals surface area contributed by atoms with E-state index in [1.807, 2.05) is 103 Å². The highest BCUT2D eigenvalue weighted by Crippen LogP contribution is 2.43. The van der Waals surface area contributed by atoms with Gasteiger partial charge in [-0.3, -0.25) is 38.2 Å². The molecule has 0 spiro atoms. The minimum absolute atomic E-state index is 0.00426. The normalized spacial score (nSPS) is 17.1. The lowest BCUT2D eigenvalue weighted by atomic mass is 9.98. The van der Waals surface area contributed by atoms with Crippen LogP contribution in [0.4, 0.5) is 17.1 Å². The Morgan fingerprint density at radius 2 is 1.29 bits per heavy atom. The maximum atomic E-state index is 14.2. The van der Waals surface area contributed by atoms with Gasteiger partial charge in [-0.2, -0.15) is 8.42 Å². The van der Waals surface area contributed by atoms with Gasteiger partial charge in [0.1, 0.15) is 19.0 Å². The van der Waals surface area contributed by atoms with Gasteiger partial charge in [0.25, 0.3) is 33.7 Å². The van der Waals surface area contributed by atoms with E-state index in [4.69, 9.17) is 26.8 Å². The Kier molecular flexibility index (Phi) is 19.0. The monoisotopic (exact) mass is 1220 g/mol. The summed E-state index contributed by atoms with van der Waals surface area (Å²) >= 11 is 0. The SMILES string of the molecule is COc1cc2c(cc1OCc1cc(COc3cc4c(cc3C)C(=O)N3c5ccccc5C[C@H]3CC4)cc(NC(=O)CCC(C)(C)SSCCC(C(=O)NCCN3C(=O)C=CC3=O)S(=O)(=O)O)c1)CC[C@@H]1Cc3ccccc3N1C2=O.O=S(=O)=O. The van der Waals surface area contributed by atoms with Gasteiger partial charge in [0.2, 0.25) is 11.8 Å². The molecule has 6 amide bonds. The molecule has 0 aliphatic carbocycles. The Labute approximate surface area is 496 Å². The zero-order valence-corrected chi connectivity index (χ0v) is 49.8. The number of nitrogens with zero attached hydrogens (tertiary/aromatic N) is 3. The molecule has 0 saturated carbocycles. The third-order valence-electron chi connectivity index (χ3n) is 15.3. The van der Waals surface area contributed by atoms with Crippen molar-refractivity contribution < 1.29 is 68.6 Å². The van der Waals surface area contributed by atoms with Crippen LogP contribution in [0.5, 0.6) is 17.2 Å². The average Bonchev–Trinajstić information content (AvgIpc) is 3.09. The highest BCUT2D eigenvalue weighted by Gasteiger charge is 2.39. The molecule has 24 heteroatoms. The molecule has 5 aliphatic rings. The minimum Gasteiger partial charge on any atom is -0.493 e. The van der Waals surface area contributed by atoms with Gasteiger partial charge in [-0.05, 0) is 166 Å². The van der Waals surface area contributed by atoms with Gasteiger partial charge in [0, 0.05) is 82.4 Å². The molecule has 20 nitrogen and oxygen atoms in total. The molecule has 10 rings (SSSR count). The summed E-state index contributed by atoms with van der Waals surface area (Å²) in [6.45, 7) is 5.72. The van der Waals surface area contributed by atoms with Gasteiger partial charge in [-0.25, -0.2) is 0 Å². The second-order valence-corrected chi connectivity index (χ2v) is 26.7. The van der Waals surface area contributed by atoms with Crippen LogP contribution in [-0.2, 0) is 78.8 Å². The largest absolute Gasteiger partial charge is 0.493 e. The number of para-hydroxylation sites is 2. The third-order valence-corrected chi connectivity index (χ3v) is 19.9. The van der Waals surface area contributed by atoms with E-state index in [1.165, 1.54) is 27.2 Å². The Bertz CT molecular complexity index is 3680. The average molecular weight is 1220 g/mol. The van der Waals surface area contributed by atoms with Crippen LogP contribution in [0.2, 0.25) is 0 Å². The van der Waals surface area contributed by atoms with Crippen LogP contribution in [-0.4, -0.2) is 114 Å². The molecular formula is C60H63N5O15S4. The van der Waals surface area contributed by atoms with Crippen molar-refractivity contribution in [1.29, 1.82) is 0 Å². The van der Waals surface area contributed by atoms with Crippen LogP contribution in [0.3, 0.4) is 0 Å². The molecular weight excluding hydrogens is 1160 g/mol. The summed E-state index contributed by atoms with van der Waals surface area (Å²) in [6.07, 6.45) is 7.20. The first-order chi connectivity index (χ1) is 40.1. The summed E-state index contributed by atoms with van der Waals surface area (Å²) in [4.78, 5) is 83.4. The van der Waals surface area contributed by atoms with E-state index in [0.29, 0.717) is 46.9 Å². The molecule has 3 N–H and O–H groups in total. The molecule has 5 aliphatic heterocycles. The van der Waals surface area contributed by atoms with Gasteiger partial charge >= 0.3 is 10.6 Å². The van der Waals surface area contributed by atoms with Gasteiger partial charge in [-0.15, -0.1) is 12.6 Å². The van der Waals surface area contributed by atoms with Crippen LogP contribution in [0.1, 0.15) is 106 Å². The van der Waals surface area contributed by atoms with E-state index in [2.05, 4.69) is 22.8 Å². The van der Waals surface area contributed by atoms with Crippen molar-refractivity contribution in [1.82, 2.24) is 10.2 Å². The summed E-state index contributed by atoms with van der Waals surface area (Å²) in [5.74, 6) is -0.625. The van der Waals surface area contributed by atoms with Crippen molar-refractivity contribution in [2.45, 2.75) is 114 Å². The molecule has 84 heavy (non-hydrogen) atoms. The number of ether oxygens (including phenoxy) is 3. The molecule has 1 unspecified atom stereocenters. The number of rotatable bonds is 21. The van der Waals surface area contributed by atoms with Crippen LogP contribution < -0.4 is 34.6 Å². The molecule has 5 aromatic carbocycles. The number of carbonyl (C=O) groups is 6. The maximum absolute atomic E-state index is 14.2. The molecule has 0 saturated heterocycles. The Morgan fingerprint density at radius 1 is 0.750 bits per heavy atom. The second kappa shape index (κ2) is 26.2. The maximum Gasteiger partial charge on any atom is 0.425 e. The number of imide groups is 1. The van der Waals surface area contributed by atoms with Crippen molar-refractivity contribution in [3.05, 3.63) is 153 Å². The molecule has 5 aromatic rings. The summed E-state index contributed by atoms with van der Waals surface area (Å²) in [5.41, 5.74) is 10.2. The van der Waals surface area contributed by atoms with Crippen LogP contribution in [0.25, 0.3) is 0 Å². The summed E-state index contributed by atoms with van der Waals surface area (Å²) in [6, 6.07) is 29.5. The van der Waals surface area contributed by atoms with Crippen molar-refractivity contribution in [2.75, 3.05) is 41.1 Å². The number of amides is 6. The van der Waals surface area contributed by atoms with Gasteiger partial charge < -0.3 is 34.6 Å². The summed E-state index contributed by atoms with van der Waals surface area (Å²) in [7, 11) is -3.61. The first kappa shape index (κ1) is 61.1. The number of nitrogens with one attached hydrogen (secondary N) is 2. The van der Waals surface area contributed by atoms with E-state index in [0.717, 1.165) is 93.9 Å². The molecule has 0 aromatic heterocycles. The van der Waals surface area contributed by atoms with Crippen molar-refractivity contribution in [3.8, 4) is 17.2 Å². The summed E-state index contributed by atoms with van der Waals surface area (Å²) in [5, 5.41) is 3.72. The quantitative estimate of drug-likeness (QED) is 0.0274. The first-order valence-corrected chi connectivity index (χ1v) is 32.1. The smallest absolute Gasteiger partial charge is 0.425 e. The van der Waals surface area contributed by atoms with E-state index < -0.39 is 48.4 Å². The number of methoxy groups -OCH3 is 1. The highest BCUT2D eigenvalue weighted by atomic mass is 33.1. The first-order valence-electron chi connectivity index (χ1n) is 27.3. The summed E-state index contributed by atoms with van der Waals surface area (Å²) < 4.78 is 78.1. The van der Waals surface area contributed by atoms with Gasteiger partial charge in [0.05, 0.1) is 7.11 Å². The predicted molar refractivity (Wildman–Crippen MR) is 318 cm³/mol. The van der Waals surface area contributed by atoms with Gasteiger partial charge in [0.15, 0.2) is 16.7 Å². The Hall–Kier alpha value is -7.51. The molecule has 442 valence electrons. The number of hydrogen-bond donors (Lipinski definition) is 3. The Morgan fingerprint density at radius 3 is 1.85 bits per heavy atom. The lowest BCUT2D eigenvalue weighted by Crippen LogP contribution is -2.44. The Balaban J connectivity index is 0.00000205.